The molecule has 3 N–H and O–H groups in total. The Hall–Kier alpha value is -2.55. The van der Waals surface area contributed by atoms with Gasteiger partial charge in [0.25, 0.3) is 0 Å². The van der Waals surface area contributed by atoms with E-state index in [4.69, 9.17) is 10.5 Å². The van der Waals surface area contributed by atoms with Gasteiger partial charge in [0, 0.05) is 19.1 Å². The fourth-order valence-electron chi connectivity index (χ4n) is 2.33. The van der Waals surface area contributed by atoms with Crippen LogP contribution in [0.5, 0.6) is 0 Å². The van der Waals surface area contributed by atoms with Gasteiger partial charge in [-0.2, -0.15) is 4.39 Å². The van der Waals surface area contributed by atoms with Crippen LogP contribution in [-0.2, 0) is 20.7 Å². The molecule has 0 radical (unpaired) electrons. The number of primary amides is 1. The van der Waals surface area contributed by atoms with Gasteiger partial charge in [0.1, 0.15) is 12.1 Å². The molecule has 1 aromatic rings. The van der Waals surface area contributed by atoms with Crippen molar-refractivity contribution in [3.05, 3.63) is 39.7 Å². The molecule has 8 nitrogen and oxygen atoms in total. The lowest BCUT2D eigenvalue weighted by Crippen LogP contribution is -2.49. The van der Waals surface area contributed by atoms with Gasteiger partial charge in [-0.1, -0.05) is 6.07 Å². The number of nitrogens with zero attached hydrogens (tertiary/aromatic N) is 1. The molecule has 2 rings (SSSR count). The molecule has 2 atom stereocenters. The van der Waals surface area contributed by atoms with Gasteiger partial charge in [0.2, 0.25) is 17.6 Å². The fourth-order valence-corrected chi connectivity index (χ4v) is 2.33. The minimum atomic E-state index is -1.06. The van der Waals surface area contributed by atoms with E-state index in [1.54, 1.807) is 0 Å². The number of ether oxygens (including phenoxy) is 1. The molecule has 1 fully saturated rings. The third-order valence-corrected chi connectivity index (χ3v) is 3.53. The van der Waals surface area contributed by atoms with Crippen LogP contribution in [0.25, 0.3) is 0 Å². The highest BCUT2D eigenvalue weighted by Crippen LogP contribution is 2.19. The van der Waals surface area contributed by atoms with Crippen LogP contribution < -0.4 is 11.1 Å². The molecule has 0 unspecified atom stereocenters. The van der Waals surface area contributed by atoms with Crippen LogP contribution in [0.1, 0.15) is 18.4 Å². The maximum absolute atomic E-state index is 13.3. The summed E-state index contributed by atoms with van der Waals surface area (Å²) in [6.45, 7) is 0.476. The van der Waals surface area contributed by atoms with E-state index in [2.05, 4.69) is 5.32 Å². The summed E-state index contributed by atoms with van der Waals surface area (Å²) in [5, 5.41) is 13.2. The van der Waals surface area contributed by atoms with Crippen molar-refractivity contribution in [1.82, 2.24) is 5.32 Å². The molecular formula is C14H16FN3O5. The first-order valence-electron chi connectivity index (χ1n) is 7.02. The van der Waals surface area contributed by atoms with Crippen molar-refractivity contribution in [2.75, 3.05) is 6.61 Å². The highest BCUT2D eigenvalue weighted by Gasteiger charge is 2.28. The second-order valence-corrected chi connectivity index (χ2v) is 5.21. The van der Waals surface area contributed by atoms with Crippen molar-refractivity contribution in [2.24, 2.45) is 5.73 Å². The standard InChI is InChI=1S/C14H16FN3O5/c15-9-4-3-8(7-11(9)18(21)22)6-10(13(16)19)17-14(20)12-2-1-5-23-12/h3-4,7,10,12H,1-2,5-6H2,(H2,16,19)(H,17,20)/t10-,12-/m1/s1. The van der Waals surface area contributed by atoms with Crippen molar-refractivity contribution >= 4 is 17.5 Å². The summed E-state index contributed by atoms with van der Waals surface area (Å²) in [6.07, 6.45) is 0.608. The van der Waals surface area contributed by atoms with E-state index in [9.17, 15) is 24.1 Å². The summed E-state index contributed by atoms with van der Waals surface area (Å²) in [7, 11) is 0. The maximum atomic E-state index is 13.3. The van der Waals surface area contributed by atoms with Gasteiger partial charge in [-0.15, -0.1) is 0 Å². The molecule has 1 aliphatic heterocycles. The van der Waals surface area contributed by atoms with Crippen molar-refractivity contribution in [2.45, 2.75) is 31.4 Å². The zero-order chi connectivity index (χ0) is 17.0. The summed E-state index contributed by atoms with van der Waals surface area (Å²) in [4.78, 5) is 33.3. The predicted molar refractivity (Wildman–Crippen MR) is 76.9 cm³/mol. The Morgan fingerprint density at radius 2 is 2.26 bits per heavy atom. The molecular weight excluding hydrogens is 309 g/mol. The zero-order valence-corrected chi connectivity index (χ0v) is 12.2. The fraction of sp³-hybridized carbons (Fsp3) is 0.429. The first-order valence-corrected chi connectivity index (χ1v) is 7.02. The van der Waals surface area contributed by atoms with E-state index in [1.807, 2.05) is 0 Å². The number of halogens is 1. The summed E-state index contributed by atoms with van der Waals surface area (Å²) in [5.74, 6) is -2.22. The molecule has 124 valence electrons. The molecule has 0 bridgehead atoms. The van der Waals surface area contributed by atoms with Crippen LogP contribution in [-0.4, -0.2) is 35.5 Å². The van der Waals surface area contributed by atoms with Crippen molar-refractivity contribution in [3.63, 3.8) is 0 Å². The van der Waals surface area contributed by atoms with Crippen LogP contribution in [0, 0.1) is 15.9 Å². The molecule has 0 saturated carbocycles. The Bertz CT molecular complexity index is 631. The minimum absolute atomic E-state index is 0.0745. The average molecular weight is 325 g/mol. The molecule has 0 aliphatic carbocycles. The van der Waals surface area contributed by atoms with E-state index < -0.39 is 40.4 Å². The van der Waals surface area contributed by atoms with Gasteiger partial charge in [-0.3, -0.25) is 19.7 Å². The first-order chi connectivity index (χ1) is 10.9. The third-order valence-electron chi connectivity index (χ3n) is 3.53. The second-order valence-electron chi connectivity index (χ2n) is 5.21. The summed E-state index contributed by atoms with van der Waals surface area (Å²) >= 11 is 0. The van der Waals surface area contributed by atoms with Crippen molar-refractivity contribution in [3.8, 4) is 0 Å². The van der Waals surface area contributed by atoms with Gasteiger partial charge in [0.05, 0.1) is 4.92 Å². The molecule has 1 aliphatic rings. The third kappa shape index (κ3) is 4.22. The number of rotatable bonds is 6. The number of carbonyl (C=O) groups is 2. The Labute approximate surface area is 130 Å². The quantitative estimate of drug-likeness (QED) is 0.579. The number of nitro groups is 1. The van der Waals surface area contributed by atoms with Crippen LogP contribution in [0.2, 0.25) is 0 Å². The van der Waals surface area contributed by atoms with Crippen molar-refractivity contribution in [1.29, 1.82) is 0 Å². The Balaban J connectivity index is 2.10. The minimum Gasteiger partial charge on any atom is -0.368 e. The smallest absolute Gasteiger partial charge is 0.305 e. The normalized spacial score (nSPS) is 18.4. The lowest BCUT2D eigenvalue weighted by Gasteiger charge is -2.18. The number of nitro benzene ring substituents is 1. The van der Waals surface area contributed by atoms with E-state index >= 15 is 0 Å². The predicted octanol–water partition coefficient (Wildman–Crippen LogP) is 0.425. The lowest BCUT2D eigenvalue weighted by molar-refractivity contribution is -0.387. The number of nitrogens with two attached hydrogens (primary N) is 1. The number of carbonyl (C=O) groups excluding carboxylic acids is 2. The molecule has 0 aromatic heterocycles. The Morgan fingerprint density at radius 3 is 2.83 bits per heavy atom. The topological polar surface area (TPSA) is 125 Å². The number of hydrogen-bond donors (Lipinski definition) is 2. The average Bonchev–Trinajstić information content (AvgIpc) is 3.02. The van der Waals surface area contributed by atoms with Crippen LogP contribution in [0.4, 0.5) is 10.1 Å². The molecule has 23 heavy (non-hydrogen) atoms. The van der Waals surface area contributed by atoms with Crippen molar-refractivity contribution < 1.29 is 23.6 Å². The molecule has 2 amide bonds. The first kappa shape index (κ1) is 16.8. The van der Waals surface area contributed by atoms with E-state index in [0.717, 1.165) is 18.6 Å². The van der Waals surface area contributed by atoms with E-state index in [1.165, 1.54) is 6.07 Å². The molecule has 1 heterocycles. The number of amides is 2. The highest BCUT2D eigenvalue weighted by molar-refractivity contribution is 5.88. The molecule has 9 heteroatoms. The molecule has 0 spiro atoms. The van der Waals surface area contributed by atoms with E-state index in [0.29, 0.717) is 18.6 Å². The van der Waals surface area contributed by atoms with Crippen LogP contribution >= 0.6 is 0 Å². The number of nitrogens with one attached hydrogen (secondary N) is 1. The van der Waals surface area contributed by atoms with Gasteiger partial charge >= 0.3 is 5.69 Å². The molecule has 1 saturated heterocycles. The maximum Gasteiger partial charge on any atom is 0.305 e. The van der Waals surface area contributed by atoms with Gasteiger partial charge in [-0.05, 0) is 24.5 Å². The summed E-state index contributed by atoms with van der Waals surface area (Å²) < 4.78 is 18.5. The van der Waals surface area contributed by atoms with Gasteiger partial charge in [-0.25, -0.2) is 0 Å². The zero-order valence-electron chi connectivity index (χ0n) is 12.2. The van der Waals surface area contributed by atoms with Gasteiger partial charge in [0.15, 0.2) is 0 Å². The van der Waals surface area contributed by atoms with E-state index in [-0.39, 0.29) is 6.42 Å². The van der Waals surface area contributed by atoms with Gasteiger partial charge < -0.3 is 15.8 Å². The van der Waals surface area contributed by atoms with Crippen LogP contribution in [0.3, 0.4) is 0 Å². The lowest BCUT2D eigenvalue weighted by atomic mass is 10.0. The summed E-state index contributed by atoms with van der Waals surface area (Å²) in [5.41, 5.74) is 4.87. The largest absolute Gasteiger partial charge is 0.368 e. The Morgan fingerprint density at radius 1 is 1.52 bits per heavy atom. The molecule has 1 aromatic carbocycles. The monoisotopic (exact) mass is 325 g/mol. The Kier molecular flexibility index (Phi) is 5.22. The second kappa shape index (κ2) is 7.14. The number of benzene rings is 1. The SMILES string of the molecule is NC(=O)[C@@H](Cc1ccc(F)c([N+](=O)[O-])c1)NC(=O)[C@H]1CCCO1. The van der Waals surface area contributed by atoms with Crippen LogP contribution in [0.15, 0.2) is 18.2 Å². The summed E-state index contributed by atoms with van der Waals surface area (Å²) in [6, 6.07) is 2.20. The number of hydrogen-bond acceptors (Lipinski definition) is 5. The highest BCUT2D eigenvalue weighted by atomic mass is 19.1.